The van der Waals surface area contributed by atoms with Gasteiger partial charge in [0.1, 0.15) is 0 Å². The van der Waals surface area contributed by atoms with Crippen molar-refractivity contribution in [1.82, 2.24) is 0 Å². The maximum atomic E-state index is 12.0. The number of aromatic carboxylic acids is 1. The number of rotatable bonds is 4. The van der Waals surface area contributed by atoms with Crippen LogP contribution in [0.1, 0.15) is 15.4 Å². The molecular weight excluding hydrogens is 344 g/mol. The molecule has 0 bridgehead atoms. The van der Waals surface area contributed by atoms with E-state index in [1.165, 1.54) is 11.3 Å². The summed E-state index contributed by atoms with van der Waals surface area (Å²) in [6.45, 7) is 0. The predicted molar refractivity (Wildman–Crippen MR) is 68.6 cm³/mol. The molecule has 1 N–H and O–H groups in total. The molecule has 2 heterocycles. The third-order valence-corrected chi connectivity index (χ3v) is 5.46. The maximum absolute atomic E-state index is 12.0. The predicted octanol–water partition coefficient (Wildman–Crippen LogP) is 2.78. The van der Waals surface area contributed by atoms with Gasteiger partial charge in [0, 0.05) is 14.7 Å². The van der Waals surface area contributed by atoms with Crippen LogP contribution in [0.5, 0.6) is 0 Å². The molecule has 96 valence electrons. The van der Waals surface area contributed by atoms with E-state index in [9.17, 15) is 13.2 Å². The summed E-state index contributed by atoms with van der Waals surface area (Å²) in [5, 5.41) is 10.1. The number of carboxylic acid groups (broad SMARTS) is 1. The number of carboxylic acids is 1. The Hall–Kier alpha value is -1.12. The number of carbonyl (C=O) groups is 1. The number of furan rings is 1. The van der Waals surface area contributed by atoms with Crippen molar-refractivity contribution in [3.05, 3.63) is 38.7 Å². The molecule has 0 amide bonds. The van der Waals surface area contributed by atoms with Gasteiger partial charge in [0.25, 0.3) is 0 Å². The molecule has 0 aliphatic carbocycles. The molecule has 0 saturated carbocycles. The molecule has 0 radical (unpaired) electrons. The molecular formula is C10H7BrO5S2. The van der Waals surface area contributed by atoms with Crippen LogP contribution in [0.15, 0.2) is 37.6 Å². The van der Waals surface area contributed by atoms with Crippen LogP contribution in [-0.2, 0) is 15.6 Å². The van der Waals surface area contributed by atoms with E-state index in [1.807, 2.05) is 0 Å². The fourth-order valence-electron chi connectivity index (χ4n) is 1.29. The molecule has 0 aliphatic rings. The van der Waals surface area contributed by atoms with Crippen molar-refractivity contribution in [2.45, 2.75) is 10.8 Å². The van der Waals surface area contributed by atoms with E-state index in [2.05, 4.69) is 15.9 Å². The highest BCUT2D eigenvalue weighted by Crippen LogP contribution is 2.25. The van der Waals surface area contributed by atoms with E-state index in [0.717, 1.165) is 16.6 Å². The van der Waals surface area contributed by atoms with Crippen LogP contribution in [0.2, 0.25) is 0 Å². The van der Waals surface area contributed by atoms with Crippen molar-refractivity contribution in [1.29, 1.82) is 0 Å². The first-order chi connectivity index (χ1) is 8.38. The quantitative estimate of drug-likeness (QED) is 0.916. The van der Waals surface area contributed by atoms with Crippen molar-refractivity contribution in [2.75, 3.05) is 0 Å². The third kappa shape index (κ3) is 2.82. The topological polar surface area (TPSA) is 84.6 Å². The Morgan fingerprint density at radius 1 is 1.44 bits per heavy atom. The minimum Gasteiger partial charge on any atom is -0.475 e. The molecule has 0 spiro atoms. The van der Waals surface area contributed by atoms with E-state index >= 15 is 0 Å². The van der Waals surface area contributed by atoms with Crippen LogP contribution in [0.25, 0.3) is 0 Å². The average Bonchev–Trinajstić information content (AvgIpc) is 2.86. The fraction of sp³-hybridized carbons (Fsp3) is 0.100. The lowest BCUT2D eigenvalue weighted by Crippen LogP contribution is -2.02. The zero-order chi connectivity index (χ0) is 13.3. The highest BCUT2D eigenvalue weighted by Gasteiger charge is 2.22. The van der Waals surface area contributed by atoms with Crippen molar-refractivity contribution in [3.63, 3.8) is 0 Å². The number of hydrogen-bond donors (Lipinski definition) is 1. The Morgan fingerprint density at radius 3 is 2.67 bits per heavy atom. The Bertz CT molecular complexity index is 683. The van der Waals surface area contributed by atoms with Crippen LogP contribution in [0, 0.1) is 0 Å². The third-order valence-electron chi connectivity index (χ3n) is 2.05. The number of sulfone groups is 1. The summed E-state index contributed by atoms with van der Waals surface area (Å²) >= 11 is 4.53. The Morgan fingerprint density at radius 2 is 2.17 bits per heavy atom. The van der Waals surface area contributed by atoms with Gasteiger partial charge in [-0.1, -0.05) is 0 Å². The van der Waals surface area contributed by atoms with E-state index in [1.54, 1.807) is 11.4 Å². The van der Waals surface area contributed by atoms with Gasteiger partial charge in [-0.15, -0.1) is 11.3 Å². The second kappa shape index (κ2) is 4.87. The molecule has 2 rings (SSSR count). The van der Waals surface area contributed by atoms with E-state index < -0.39 is 15.8 Å². The van der Waals surface area contributed by atoms with Gasteiger partial charge in [0.2, 0.25) is 20.7 Å². The van der Waals surface area contributed by atoms with Gasteiger partial charge in [-0.25, -0.2) is 13.2 Å². The van der Waals surface area contributed by atoms with Crippen LogP contribution in [0.4, 0.5) is 0 Å². The van der Waals surface area contributed by atoms with E-state index in [0.29, 0.717) is 4.88 Å². The molecule has 0 aromatic carbocycles. The van der Waals surface area contributed by atoms with Crippen molar-refractivity contribution in [2.24, 2.45) is 0 Å². The lowest BCUT2D eigenvalue weighted by Gasteiger charge is -1.98. The monoisotopic (exact) mass is 350 g/mol. The van der Waals surface area contributed by atoms with Crippen LogP contribution in [-0.4, -0.2) is 19.5 Å². The van der Waals surface area contributed by atoms with Gasteiger partial charge in [-0.3, -0.25) is 0 Å². The minimum absolute atomic E-state index is 0.212. The molecule has 2 aromatic rings. The first kappa shape index (κ1) is 13.3. The largest absolute Gasteiger partial charge is 0.475 e. The van der Waals surface area contributed by atoms with Crippen molar-refractivity contribution >= 4 is 43.1 Å². The van der Waals surface area contributed by atoms with Crippen LogP contribution in [0.3, 0.4) is 0 Å². The lowest BCUT2D eigenvalue weighted by molar-refractivity contribution is 0.0656. The van der Waals surface area contributed by atoms with Crippen molar-refractivity contribution in [3.8, 4) is 0 Å². The molecule has 5 nitrogen and oxygen atoms in total. The summed E-state index contributed by atoms with van der Waals surface area (Å²) in [4.78, 5) is 11.3. The second-order valence-electron chi connectivity index (χ2n) is 3.41. The summed E-state index contributed by atoms with van der Waals surface area (Å²) in [6, 6.07) is 3.98. The van der Waals surface area contributed by atoms with E-state index in [-0.39, 0.29) is 16.6 Å². The Kier molecular flexibility index (Phi) is 3.60. The minimum atomic E-state index is -3.65. The molecule has 0 aliphatic heterocycles. The molecule has 0 atom stereocenters. The molecule has 8 heteroatoms. The second-order valence-corrected chi connectivity index (χ2v) is 7.25. The molecule has 2 aromatic heterocycles. The maximum Gasteiger partial charge on any atom is 0.371 e. The van der Waals surface area contributed by atoms with Crippen LogP contribution >= 0.6 is 27.3 Å². The number of hydrogen-bond acceptors (Lipinski definition) is 5. The zero-order valence-corrected chi connectivity index (χ0v) is 12.0. The van der Waals surface area contributed by atoms with Gasteiger partial charge < -0.3 is 9.52 Å². The zero-order valence-electron chi connectivity index (χ0n) is 8.79. The van der Waals surface area contributed by atoms with Gasteiger partial charge >= 0.3 is 5.97 Å². The summed E-state index contributed by atoms with van der Waals surface area (Å²) in [5.41, 5.74) is 0. The first-order valence-electron chi connectivity index (χ1n) is 4.67. The average molecular weight is 351 g/mol. The van der Waals surface area contributed by atoms with E-state index in [4.69, 9.17) is 9.52 Å². The summed E-state index contributed by atoms with van der Waals surface area (Å²) in [6.07, 6.45) is 0. The van der Waals surface area contributed by atoms with Gasteiger partial charge in [0.15, 0.2) is 0 Å². The molecule has 18 heavy (non-hydrogen) atoms. The molecule has 0 fully saturated rings. The van der Waals surface area contributed by atoms with Gasteiger partial charge in [-0.05, 0) is 34.1 Å². The van der Waals surface area contributed by atoms with Gasteiger partial charge in [-0.2, -0.15) is 0 Å². The smallest absolute Gasteiger partial charge is 0.371 e. The molecule has 0 saturated heterocycles. The first-order valence-corrected chi connectivity index (χ1v) is 8.00. The van der Waals surface area contributed by atoms with Gasteiger partial charge in [0.05, 0.1) is 5.75 Å². The fourth-order valence-corrected chi connectivity index (χ4v) is 4.36. The Balaban J connectivity index is 2.27. The number of thiophene rings is 1. The summed E-state index contributed by atoms with van der Waals surface area (Å²) in [5.74, 6) is -1.90. The number of halogens is 1. The highest BCUT2D eigenvalue weighted by atomic mass is 79.9. The molecule has 0 unspecified atom stereocenters. The normalized spacial score (nSPS) is 11.6. The SMILES string of the molecule is O=C(O)c1ccc(S(=O)(=O)Cc2cc(Br)cs2)o1. The summed E-state index contributed by atoms with van der Waals surface area (Å²) in [7, 11) is -3.65. The lowest BCUT2D eigenvalue weighted by atomic mass is 10.5. The van der Waals surface area contributed by atoms with Crippen molar-refractivity contribution < 1.29 is 22.7 Å². The van der Waals surface area contributed by atoms with Crippen LogP contribution < -0.4 is 0 Å². The summed E-state index contributed by atoms with van der Waals surface area (Å²) < 4.78 is 29.5. The Labute approximate surface area is 115 Å². The standard InChI is InChI=1S/C10H7BrO5S2/c11-6-3-7(17-4-6)5-18(14,15)9-2-1-8(16-9)10(12)13/h1-4H,5H2,(H,12,13). The highest BCUT2D eigenvalue weighted by molar-refractivity contribution is 9.10.